The van der Waals surface area contributed by atoms with E-state index in [1.165, 1.54) is 5.56 Å². The highest BCUT2D eigenvalue weighted by molar-refractivity contribution is 6.30. The lowest BCUT2D eigenvalue weighted by atomic mass is 9.89. The molecule has 2 aromatic carbocycles. The van der Waals surface area contributed by atoms with Gasteiger partial charge in [-0.3, -0.25) is 9.69 Å². The van der Waals surface area contributed by atoms with Crippen LogP contribution >= 0.6 is 11.6 Å². The number of nitrogens with one attached hydrogen (secondary N) is 1. The van der Waals surface area contributed by atoms with Crippen molar-refractivity contribution in [2.24, 2.45) is 0 Å². The van der Waals surface area contributed by atoms with Gasteiger partial charge in [0.1, 0.15) is 5.75 Å². The Hall–Kier alpha value is -2.04. The Morgan fingerprint density at radius 2 is 1.76 bits per heavy atom. The maximum atomic E-state index is 12.2. The summed E-state index contributed by atoms with van der Waals surface area (Å²) in [4.78, 5) is 14.4. The van der Waals surface area contributed by atoms with Crippen molar-refractivity contribution in [2.75, 3.05) is 32.1 Å². The van der Waals surface area contributed by atoms with Crippen LogP contribution in [-0.4, -0.2) is 37.6 Å². The molecule has 0 spiro atoms. The molecule has 3 rings (SSSR count). The Bertz CT molecular complexity index is 693. The molecule has 0 unspecified atom stereocenters. The van der Waals surface area contributed by atoms with Gasteiger partial charge < -0.3 is 10.1 Å². The Labute approximate surface area is 153 Å². The molecular weight excluding hydrogens is 336 g/mol. The Morgan fingerprint density at radius 1 is 1.12 bits per heavy atom. The van der Waals surface area contributed by atoms with Gasteiger partial charge in [0, 0.05) is 10.7 Å². The topological polar surface area (TPSA) is 41.6 Å². The van der Waals surface area contributed by atoms with Gasteiger partial charge in [0.2, 0.25) is 5.91 Å². The fourth-order valence-electron chi connectivity index (χ4n) is 3.24. The standard InChI is InChI=1S/C20H23ClN2O2/c1-25-19-8-2-15(3-9-19)16-10-12-23(13-11-16)14-20(24)22-18-6-4-17(21)5-7-18/h2-9,16H,10-14H2,1H3,(H,22,24). The van der Waals surface area contributed by atoms with Crippen LogP contribution < -0.4 is 10.1 Å². The molecule has 0 saturated carbocycles. The van der Waals surface area contributed by atoms with Crippen LogP contribution in [0.3, 0.4) is 0 Å². The predicted molar refractivity (Wildman–Crippen MR) is 101 cm³/mol. The molecule has 4 nitrogen and oxygen atoms in total. The maximum absolute atomic E-state index is 12.2. The van der Waals surface area contributed by atoms with Gasteiger partial charge in [0.15, 0.2) is 0 Å². The molecule has 5 heteroatoms. The molecule has 1 amide bonds. The molecule has 1 heterocycles. The molecule has 1 aliphatic heterocycles. The van der Waals surface area contributed by atoms with Crippen molar-refractivity contribution in [3.8, 4) is 5.75 Å². The van der Waals surface area contributed by atoms with Crippen LogP contribution in [0.25, 0.3) is 0 Å². The number of ether oxygens (including phenoxy) is 1. The van der Waals surface area contributed by atoms with E-state index in [4.69, 9.17) is 16.3 Å². The summed E-state index contributed by atoms with van der Waals surface area (Å²) in [5.74, 6) is 1.46. The van der Waals surface area contributed by atoms with Gasteiger partial charge >= 0.3 is 0 Å². The number of anilines is 1. The third-order valence-corrected chi connectivity index (χ3v) is 4.92. The summed E-state index contributed by atoms with van der Waals surface area (Å²) >= 11 is 5.86. The van der Waals surface area contributed by atoms with E-state index in [0.29, 0.717) is 17.5 Å². The first-order valence-electron chi connectivity index (χ1n) is 8.56. The highest BCUT2D eigenvalue weighted by Crippen LogP contribution is 2.29. The molecule has 1 saturated heterocycles. The number of benzene rings is 2. The van der Waals surface area contributed by atoms with Gasteiger partial charge in [-0.2, -0.15) is 0 Å². The fraction of sp³-hybridized carbons (Fsp3) is 0.350. The number of methoxy groups -OCH3 is 1. The average Bonchev–Trinajstić information content (AvgIpc) is 2.64. The fourth-order valence-corrected chi connectivity index (χ4v) is 3.36. The van der Waals surface area contributed by atoms with E-state index in [-0.39, 0.29) is 5.91 Å². The second-order valence-electron chi connectivity index (χ2n) is 6.38. The van der Waals surface area contributed by atoms with Gasteiger partial charge in [0.05, 0.1) is 13.7 Å². The minimum Gasteiger partial charge on any atom is -0.497 e. The van der Waals surface area contributed by atoms with E-state index in [9.17, 15) is 4.79 Å². The summed E-state index contributed by atoms with van der Waals surface area (Å²) in [6.45, 7) is 2.30. The monoisotopic (exact) mass is 358 g/mol. The van der Waals surface area contributed by atoms with E-state index in [2.05, 4.69) is 22.3 Å². The third-order valence-electron chi connectivity index (χ3n) is 4.67. The number of halogens is 1. The zero-order chi connectivity index (χ0) is 17.6. The van der Waals surface area contributed by atoms with Crippen molar-refractivity contribution in [2.45, 2.75) is 18.8 Å². The van der Waals surface area contributed by atoms with Gasteiger partial charge in [0.25, 0.3) is 0 Å². The van der Waals surface area contributed by atoms with Crippen LogP contribution in [0.5, 0.6) is 5.75 Å². The lowest BCUT2D eigenvalue weighted by molar-refractivity contribution is -0.117. The van der Waals surface area contributed by atoms with Crippen LogP contribution in [0.15, 0.2) is 48.5 Å². The van der Waals surface area contributed by atoms with Gasteiger partial charge in [-0.05, 0) is 73.8 Å². The summed E-state index contributed by atoms with van der Waals surface area (Å²) in [7, 11) is 1.68. The minimum atomic E-state index is 0.0187. The Balaban J connectivity index is 1.46. The van der Waals surface area contributed by atoms with Crippen molar-refractivity contribution in [3.05, 3.63) is 59.1 Å². The molecule has 1 fully saturated rings. The zero-order valence-corrected chi connectivity index (χ0v) is 15.1. The third kappa shape index (κ3) is 4.97. The van der Waals surface area contributed by atoms with E-state index in [1.54, 1.807) is 19.2 Å². The van der Waals surface area contributed by atoms with E-state index in [0.717, 1.165) is 37.4 Å². The van der Waals surface area contributed by atoms with Crippen molar-refractivity contribution >= 4 is 23.2 Å². The van der Waals surface area contributed by atoms with Crippen molar-refractivity contribution in [1.82, 2.24) is 4.90 Å². The summed E-state index contributed by atoms with van der Waals surface area (Å²) in [5, 5.41) is 3.58. The maximum Gasteiger partial charge on any atom is 0.238 e. The van der Waals surface area contributed by atoms with Crippen molar-refractivity contribution in [1.29, 1.82) is 0 Å². The summed E-state index contributed by atoms with van der Waals surface area (Å²) in [6.07, 6.45) is 2.14. The molecule has 132 valence electrons. The first-order chi connectivity index (χ1) is 12.1. The van der Waals surface area contributed by atoms with Crippen molar-refractivity contribution in [3.63, 3.8) is 0 Å². The largest absolute Gasteiger partial charge is 0.497 e. The number of nitrogens with zero attached hydrogens (tertiary/aromatic N) is 1. The lowest BCUT2D eigenvalue weighted by Crippen LogP contribution is -2.38. The highest BCUT2D eigenvalue weighted by atomic mass is 35.5. The Morgan fingerprint density at radius 3 is 2.36 bits per heavy atom. The summed E-state index contributed by atoms with van der Waals surface area (Å²) in [6, 6.07) is 15.5. The molecule has 0 atom stereocenters. The molecule has 0 aliphatic carbocycles. The van der Waals surface area contributed by atoms with Crippen LogP contribution in [0.4, 0.5) is 5.69 Å². The molecule has 1 N–H and O–H groups in total. The van der Waals surface area contributed by atoms with E-state index in [1.807, 2.05) is 24.3 Å². The quantitative estimate of drug-likeness (QED) is 0.872. The molecule has 25 heavy (non-hydrogen) atoms. The molecule has 2 aromatic rings. The first-order valence-corrected chi connectivity index (χ1v) is 8.93. The number of amides is 1. The Kier molecular flexibility index (Phi) is 5.95. The summed E-state index contributed by atoms with van der Waals surface area (Å²) in [5.41, 5.74) is 2.13. The van der Waals surface area contributed by atoms with Crippen LogP contribution in [0.1, 0.15) is 24.3 Å². The number of rotatable bonds is 5. The molecule has 0 radical (unpaired) electrons. The van der Waals surface area contributed by atoms with Crippen molar-refractivity contribution < 1.29 is 9.53 Å². The number of piperidine rings is 1. The van der Waals surface area contributed by atoms with Crippen LogP contribution in [-0.2, 0) is 4.79 Å². The number of hydrogen-bond donors (Lipinski definition) is 1. The normalized spacial score (nSPS) is 15.8. The molecule has 0 bridgehead atoms. The molecular formula is C20H23ClN2O2. The minimum absolute atomic E-state index is 0.0187. The lowest BCUT2D eigenvalue weighted by Gasteiger charge is -2.31. The molecule has 0 aromatic heterocycles. The SMILES string of the molecule is COc1ccc(C2CCN(CC(=O)Nc3ccc(Cl)cc3)CC2)cc1. The number of carbonyl (C=O) groups is 1. The van der Waals surface area contributed by atoms with E-state index < -0.39 is 0 Å². The highest BCUT2D eigenvalue weighted by Gasteiger charge is 2.22. The number of likely N-dealkylation sites (tertiary alicyclic amines) is 1. The van der Waals surface area contributed by atoms with Gasteiger partial charge in [-0.25, -0.2) is 0 Å². The number of hydrogen-bond acceptors (Lipinski definition) is 3. The van der Waals surface area contributed by atoms with Crippen LogP contribution in [0, 0.1) is 0 Å². The van der Waals surface area contributed by atoms with Crippen LogP contribution in [0.2, 0.25) is 5.02 Å². The predicted octanol–water partition coefficient (Wildman–Crippen LogP) is 4.17. The van der Waals surface area contributed by atoms with Gasteiger partial charge in [-0.15, -0.1) is 0 Å². The first kappa shape index (κ1) is 17.8. The summed E-state index contributed by atoms with van der Waals surface area (Å²) < 4.78 is 5.21. The molecule has 1 aliphatic rings. The van der Waals surface area contributed by atoms with E-state index >= 15 is 0 Å². The zero-order valence-electron chi connectivity index (χ0n) is 14.4. The van der Waals surface area contributed by atoms with Gasteiger partial charge in [-0.1, -0.05) is 23.7 Å². The second-order valence-corrected chi connectivity index (χ2v) is 6.82. The second kappa shape index (κ2) is 8.37. The average molecular weight is 359 g/mol. The smallest absolute Gasteiger partial charge is 0.238 e. The number of carbonyl (C=O) groups excluding carboxylic acids is 1.